The van der Waals surface area contributed by atoms with Gasteiger partial charge in [0.1, 0.15) is 0 Å². The number of aromatic nitrogens is 2. The van der Waals surface area contributed by atoms with Gasteiger partial charge in [-0.2, -0.15) is 11.8 Å². The first-order valence-corrected chi connectivity index (χ1v) is 8.31. The van der Waals surface area contributed by atoms with E-state index in [2.05, 4.69) is 16.8 Å². The second kappa shape index (κ2) is 8.27. The van der Waals surface area contributed by atoms with E-state index in [4.69, 9.17) is 4.42 Å². The first kappa shape index (κ1) is 16.1. The summed E-state index contributed by atoms with van der Waals surface area (Å²) in [6, 6.07) is 0. The quantitative estimate of drug-likeness (QED) is 0.543. The fourth-order valence-corrected chi connectivity index (χ4v) is 2.44. The van der Waals surface area contributed by atoms with Gasteiger partial charge in [0.25, 0.3) is 5.22 Å². The van der Waals surface area contributed by atoms with Gasteiger partial charge in [-0.05, 0) is 20.1 Å². The molecule has 0 spiro atoms. The van der Waals surface area contributed by atoms with E-state index in [9.17, 15) is 4.79 Å². The Labute approximate surface area is 122 Å². The summed E-state index contributed by atoms with van der Waals surface area (Å²) in [7, 11) is 0. The van der Waals surface area contributed by atoms with Crippen molar-refractivity contribution in [3.63, 3.8) is 0 Å². The lowest BCUT2D eigenvalue weighted by atomic mass is 10.3. The highest BCUT2D eigenvalue weighted by atomic mass is 32.2. The molecule has 1 rings (SSSR count). The molecule has 0 aliphatic carbocycles. The fourth-order valence-electron chi connectivity index (χ4n) is 1.40. The molecule has 0 aliphatic heterocycles. The molecule has 1 aromatic rings. The summed E-state index contributed by atoms with van der Waals surface area (Å²) in [4.78, 5) is 13.7. The van der Waals surface area contributed by atoms with Crippen LogP contribution in [0.5, 0.6) is 0 Å². The molecule has 1 amide bonds. The molecule has 5 nitrogen and oxygen atoms in total. The van der Waals surface area contributed by atoms with E-state index >= 15 is 0 Å². The van der Waals surface area contributed by atoms with E-state index in [0.717, 1.165) is 5.57 Å². The zero-order valence-electron chi connectivity index (χ0n) is 11.5. The average Bonchev–Trinajstić information content (AvgIpc) is 2.81. The van der Waals surface area contributed by atoms with E-state index in [1.54, 1.807) is 16.7 Å². The average molecular weight is 301 g/mol. The maximum Gasteiger partial charge on any atom is 0.277 e. The van der Waals surface area contributed by atoms with Crippen molar-refractivity contribution in [1.29, 1.82) is 0 Å². The van der Waals surface area contributed by atoms with Gasteiger partial charge in [0.2, 0.25) is 11.8 Å². The van der Waals surface area contributed by atoms with Crippen LogP contribution in [-0.2, 0) is 10.5 Å². The Balaban J connectivity index is 2.45. The van der Waals surface area contributed by atoms with Crippen LogP contribution in [0.25, 0.3) is 0 Å². The molecular formula is C12H19N3O2S2. The van der Waals surface area contributed by atoms with Gasteiger partial charge in [0.05, 0.1) is 11.5 Å². The van der Waals surface area contributed by atoms with Crippen molar-refractivity contribution in [2.75, 3.05) is 25.1 Å². The lowest BCUT2D eigenvalue weighted by molar-refractivity contribution is -0.127. The van der Waals surface area contributed by atoms with Gasteiger partial charge in [0.15, 0.2) is 0 Å². The standard InChI is InChI=1S/C12H19N3O2S2/c1-5-15(6-9(2)3)11(16)8-19-12-14-13-10(17-12)7-18-4/h2,5-8H2,1,3-4H3. The maximum absolute atomic E-state index is 12.0. The SMILES string of the molecule is C=C(C)CN(CC)C(=O)CSc1nnc(CSC)o1. The number of likely N-dealkylation sites (N-methyl/N-ethyl adjacent to an activating group) is 1. The number of rotatable bonds is 8. The van der Waals surface area contributed by atoms with E-state index in [1.165, 1.54) is 11.8 Å². The summed E-state index contributed by atoms with van der Waals surface area (Å²) >= 11 is 2.89. The first-order chi connectivity index (χ1) is 9.06. The van der Waals surface area contributed by atoms with Crippen LogP contribution in [0, 0.1) is 0 Å². The Bertz CT molecular complexity index is 434. The predicted molar refractivity (Wildman–Crippen MR) is 79.3 cm³/mol. The molecule has 0 aromatic carbocycles. The van der Waals surface area contributed by atoms with Crippen LogP contribution in [0.2, 0.25) is 0 Å². The van der Waals surface area contributed by atoms with Gasteiger partial charge < -0.3 is 9.32 Å². The highest BCUT2D eigenvalue weighted by molar-refractivity contribution is 7.99. The monoisotopic (exact) mass is 301 g/mol. The summed E-state index contributed by atoms with van der Waals surface area (Å²) in [6.45, 7) is 8.96. The molecular weight excluding hydrogens is 282 g/mol. The highest BCUT2D eigenvalue weighted by Gasteiger charge is 2.14. The molecule has 0 N–H and O–H groups in total. The Morgan fingerprint density at radius 1 is 1.47 bits per heavy atom. The van der Waals surface area contributed by atoms with Crippen LogP contribution in [0.1, 0.15) is 19.7 Å². The largest absolute Gasteiger partial charge is 0.415 e. The summed E-state index contributed by atoms with van der Waals surface area (Å²) in [5.41, 5.74) is 0.972. The van der Waals surface area contributed by atoms with Crippen LogP contribution in [0.4, 0.5) is 0 Å². The lowest BCUT2D eigenvalue weighted by Crippen LogP contribution is -2.33. The zero-order chi connectivity index (χ0) is 14.3. The minimum absolute atomic E-state index is 0.0557. The number of carbonyl (C=O) groups is 1. The summed E-state index contributed by atoms with van der Waals surface area (Å²) in [5, 5.41) is 8.25. The van der Waals surface area contributed by atoms with Crippen molar-refractivity contribution >= 4 is 29.4 Å². The molecule has 0 bridgehead atoms. The number of amides is 1. The number of nitrogens with zero attached hydrogens (tertiary/aromatic N) is 3. The van der Waals surface area contributed by atoms with Crippen molar-refractivity contribution in [1.82, 2.24) is 15.1 Å². The molecule has 1 heterocycles. The molecule has 106 valence electrons. The van der Waals surface area contributed by atoms with Gasteiger partial charge in [-0.15, -0.1) is 10.2 Å². The van der Waals surface area contributed by atoms with Gasteiger partial charge in [-0.1, -0.05) is 23.9 Å². The maximum atomic E-state index is 12.0. The van der Waals surface area contributed by atoms with E-state index in [0.29, 0.717) is 35.7 Å². The Morgan fingerprint density at radius 3 is 2.79 bits per heavy atom. The van der Waals surface area contributed by atoms with Crippen LogP contribution >= 0.6 is 23.5 Å². The van der Waals surface area contributed by atoms with Gasteiger partial charge in [0, 0.05) is 13.1 Å². The van der Waals surface area contributed by atoms with Crippen molar-refractivity contribution in [3.05, 3.63) is 18.0 Å². The van der Waals surface area contributed by atoms with Crippen LogP contribution < -0.4 is 0 Å². The second-order valence-electron chi connectivity index (χ2n) is 4.05. The number of hydrogen-bond acceptors (Lipinski definition) is 6. The minimum atomic E-state index is 0.0557. The van der Waals surface area contributed by atoms with Gasteiger partial charge >= 0.3 is 0 Å². The molecule has 1 aromatic heterocycles. The molecule has 19 heavy (non-hydrogen) atoms. The van der Waals surface area contributed by atoms with Gasteiger partial charge in [-0.25, -0.2) is 0 Å². The Kier molecular flexibility index (Phi) is 7.01. The molecule has 0 saturated heterocycles. The molecule has 0 saturated carbocycles. The predicted octanol–water partition coefficient (Wildman–Crippen LogP) is 2.45. The third-order valence-corrected chi connectivity index (χ3v) is 3.57. The Morgan fingerprint density at radius 2 is 2.21 bits per heavy atom. The Hall–Kier alpha value is -0.950. The normalized spacial score (nSPS) is 10.5. The van der Waals surface area contributed by atoms with E-state index in [-0.39, 0.29) is 5.91 Å². The van der Waals surface area contributed by atoms with Crippen LogP contribution in [0.3, 0.4) is 0 Å². The smallest absolute Gasteiger partial charge is 0.277 e. The molecule has 7 heteroatoms. The molecule has 0 atom stereocenters. The highest BCUT2D eigenvalue weighted by Crippen LogP contribution is 2.18. The van der Waals surface area contributed by atoms with Crippen LogP contribution in [-0.4, -0.2) is 46.1 Å². The zero-order valence-corrected chi connectivity index (χ0v) is 13.1. The molecule has 0 unspecified atom stereocenters. The van der Waals surface area contributed by atoms with Crippen molar-refractivity contribution in [2.24, 2.45) is 0 Å². The lowest BCUT2D eigenvalue weighted by Gasteiger charge is -2.20. The van der Waals surface area contributed by atoms with E-state index in [1.807, 2.05) is 20.1 Å². The van der Waals surface area contributed by atoms with Crippen molar-refractivity contribution in [3.8, 4) is 0 Å². The molecule has 0 radical (unpaired) electrons. The summed E-state index contributed by atoms with van der Waals surface area (Å²) < 4.78 is 5.40. The number of thioether (sulfide) groups is 2. The first-order valence-electron chi connectivity index (χ1n) is 5.93. The minimum Gasteiger partial charge on any atom is -0.415 e. The van der Waals surface area contributed by atoms with Crippen molar-refractivity contribution in [2.45, 2.75) is 24.8 Å². The third kappa shape index (κ3) is 5.69. The topological polar surface area (TPSA) is 59.2 Å². The molecule has 0 aliphatic rings. The van der Waals surface area contributed by atoms with E-state index < -0.39 is 0 Å². The number of hydrogen-bond donors (Lipinski definition) is 0. The second-order valence-corrected chi connectivity index (χ2v) is 5.84. The summed E-state index contributed by atoms with van der Waals surface area (Å²) in [5.74, 6) is 1.65. The van der Waals surface area contributed by atoms with Crippen molar-refractivity contribution < 1.29 is 9.21 Å². The molecule has 0 fully saturated rings. The third-order valence-electron chi connectivity index (χ3n) is 2.23. The summed E-state index contributed by atoms with van der Waals surface area (Å²) in [6.07, 6.45) is 1.97. The fraction of sp³-hybridized carbons (Fsp3) is 0.583. The van der Waals surface area contributed by atoms with Crippen LogP contribution in [0.15, 0.2) is 21.8 Å². The van der Waals surface area contributed by atoms with Gasteiger partial charge in [-0.3, -0.25) is 4.79 Å². The number of carbonyl (C=O) groups excluding carboxylic acids is 1.